The SMILES string of the molecule is CC(=O)C1=C(C)NC(=O)NC1c1ccc(C)cc1. The highest BCUT2D eigenvalue weighted by atomic mass is 16.2. The number of Topliss-reactive ketones (excluding diaryl/α,β-unsaturated/α-hetero) is 1. The molecule has 2 rings (SSSR count). The van der Waals surface area contributed by atoms with E-state index in [9.17, 15) is 9.59 Å². The summed E-state index contributed by atoms with van der Waals surface area (Å²) in [7, 11) is 0. The van der Waals surface area contributed by atoms with Gasteiger partial charge in [0, 0.05) is 11.3 Å². The van der Waals surface area contributed by atoms with Crippen molar-refractivity contribution in [2.75, 3.05) is 0 Å². The number of benzene rings is 1. The molecule has 1 aromatic carbocycles. The molecule has 1 aromatic rings. The van der Waals surface area contributed by atoms with E-state index in [0.29, 0.717) is 11.3 Å². The van der Waals surface area contributed by atoms with E-state index in [2.05, 4.69) is 10.6 Å². The largest absolute Gasteiger partial charge is 0.327 e. The third-order valence-corrected chi connectivity index (χ3v) is 3.06. The van der Waals surface area contributed by atoms with Crippen molar-refractivity contribution in [2.24, 2.45) is 0 Å². The smallest absolute Gasteiger partial charge is 0.319 e. The van der Waals surface area contributed by atoms with Gasteiger partial charge in [-0.25, -0.2) is 4.79 Å². The van der Waals surface area contributed by atoms with Gasteiger partial charge in [-0.15, -0.1) is 0 Å². The van der Waals surface area contributed by atoms with Crippen LogP contribution in [0.2, 0.25) is 0 Å². The van der Waals surface area contributed by atoms with E-state index >= 15 is 0 Å². The molecule has 1 atom stereocenters. The van der Waals surface area contributed by atoms with Crippen LogP contribution in [0.1, 0.15) is 31.0 Å². The molecule has 1 aliphatic rings. The first-order valence-electron chi connectivity index (χ1n) is 5.85. The van der Waals surface area contributed by atoms with E-state index in [0.717, 1.165) is 11.1 Å². The number of aryl methyl sites for hydroxylation is 1. The highest BCUT2D eigenvalue weighted by Crippen LogP contribution is 2.27. The molecule has 1 aliphatic heterocycles. The Morgan fingerprint density at radius 1 is 1.17 bits per heavy atom. The van der Waals surface area contributed by atoms with Crippen LogP contribution >= 0.6 is 0 Å². The molecular formula is C14H16N2O2. The van der Waals surface area contributed by atoms with Gasteiger partial charge in [0.15, 0.2) is 5.78 Å². The average molecular weight is 244 g/mol. The number of urea groups is 1. The van der Waals surface area contributed by atoms with E-state index in [4.69, 9.17) is 0 Å². The number of nitrogens with one attached hydrogen (secondary N) is 2. The van der Waals surface area contributed by atoms with Gasteiger partial charge in [0.25, 0.3) is 0 Å². The second-order valence-corrected chi connectivity index (χ2v) is 4.54. The zero-order valence-electron chi connectivity index (χ0n) is 10.7. The second-order valence-electron chi connectivity index (χ2n) is 4.54. The summed E-state index contributed by atoms with van der Waals surface area (Å²) in [5.74, 6) is -0.0365. The minimum absolute atomic E-state index is 0.0365. The Labute approximate surface area is 106 Å². The first-order valence-corrected chi connectivity index (χ1v) is 5.85. The second kappa shape index (κ2) is 4.64. The molecule has 18 heavy (non-hydrogen) atoms. The molecule has 0 aliphatic carbocycles. The Morgan fingerprint density at radius 2 is 1.78 bits per heavy atom. The van der Waals surface area contributed by atoms with Crippen molar-refractivity contribution in [3.63, 3.8) is 0 Å². The van der Waals surface area contributed by atoms with Gasteiger partial charge in [0.05, 0.1) is 6.04 Å². The van der Waals surface area contributed by atoms with Crippen molar-refractivity contribution in [3.05, 3.63) is 46.7 Å². The van der Waals surface area contributed by atoms with Crippen LogP contribution in [0.25, 0.3) is 0 Å². The molecule has 2 amide bonds. The van der Waals surface area contributed by atoms with Crippen LogP contribution in [0.15, 0.2) is 35.5 Å². The van der Waals surface area contributed by atoms with Crippen molar-refractivity contribution in [3.8, 4) is 0 Å². The molecule has 1 unspecified atom stereocenters. The van der Waals surface area contributed by atoms with E-state index in [1.165, 1.54) is 6.92 Å². The molecule has 94 valence electrons. The molecule has 0 saturated carbocycles. The Bertz CT molecular complexity index is 529. The number of ketones is 1. The summed E-state index contributed by atoms with van der Waals surface area (Å²) in [6.07, 6.45) is 0. The number of hydrogen-bond donors (Lipinski definition) is 2. The topological polar surface area (TPSA) is 58.2 Å². The van der Waals surface area contributed by atoms with Crippen LogP contribution < -0.4 is 10.6 Å². The summed E-state index contributed by atoms with van der Waals surface area (Å²) in [5.41, 5.74) is 3.29. The Kier molecular flexibility index (Phi) is 3.19. The van der Waals surface area contributed by atoms with Crippen LogP contribution in [0.5, 0.6) is 0 Å². The normalized spacial score (nSPS) is 19.3. The minimum atomic E-state index is -0.364. The van der Waals surface area contributed by atoms with Crippen molar-refractivity contribution in [1.29, 1.82) is 0 Å². The molecule has 0 spiro atoms. The summed E-state index contributed by atoms with van der Waals surface area (Å²) >= 11 is 0. The van der Waals surface area contributed by atoms with E-state index in [-0.39, 0.29) is 17.9 Å². The molecule has 4 nitrogen and oxygen atoms in total. The van der Waals surface area contributed by atoms with Crippen LogP contribution in [-0.2, 0) is 4.79 Å². The van der Waals surface area contributed by atoms with E-state index < -0.39 is 0 Å². The first kappa shape index (κ1) is 12.4. The third kappa shape index (κ3) is 2.27. The summed E-state index contributed by atoms with van der Waals surface area (Å²) in [4.78, 5) is 23.2. The van der Waals surface area contributed by atoms with Crippen molar-refractivity contribution < 1.29 is 9.59 Å². The lowest BCUT2D eigenvalue weighted by Gasteiger charge is -2.28. The van der Waals surface area contributed by atoms with Crippen LogP contribution in [-0.4, -0.2) is 11.8 Å². The van der Waals surface area contributed by atoms with Gasteiger partial charge in [0.1, 0.15) is 0 Å². The quantitative estimate of drug-likeness (QED) is 0.838. The van der Waals surface area contributed by atoms with Crippen molar-refractivity contribution in [1.82, 2.24) is 10.6 Å². The molecule has 4 heteroatoms. The predicted molar refractivity (Wildman–Crippen MR) is 69.0 cm³/mol. The van der Waals surface area contributed by atoms with Crippen molar-refractivity contribution >= 4 is 11.8 Å². The van der Waals surface area contributed by atoms with Crippen LogP contribution in [0, 0.1) is 6.92 Å². The lowest BCUT2D eigenvalue weighted by Crippen LogP contribution is -2.44. The molecule has 0 bridgehead atoms. The molecular weight excluding hydrogens is 228 g/mol. The summed E-state index contributed by atoms with van der Waals surface area (Å²) < 4.78 is 0. The van der Waals surface area contributed by atoms with Gasteiger partial charge in [-0.05, 0) is 26.3 Å². The number of hydrogen-bond acceptors (Lipinski definition) is 2. The van der Waals surface area contributed by atoms with Gasteiger partial charge in [-0.3, -0.25) is 4.79 Å². The average Bonchev–Trinajstić information content (AvgIpc) is 2.28. The molecule has 1 heterocycles. The fourth-order valence-corrected chi connectivity index (χ4v) is 2.17. The van der Waals surface area contributed by atoms with Crippen LogP contribution in [0.4, 0.5) is 4.79 Å². The number of carbonyl (C=O) groups is 2. The summed E-state index contributed by atoms with van der Waals surface area (Å²) in [6.45, 7) is 5.26. The Hall–Kier alpha value is -2.10. The standard InChI is InChI=1S/C14H16N2O2/c1-8-4-6-11(7-5-8)13-12(10(3)17)9(2)15-14(18)16-13/h4-7,13H,1-3H3,(H2,15,16,18). The zero-order chi connectivity index (χ0) is 13.3. The van der Waals surface area contributed by atoms with Gasteiger partial charge >= 0.3 is 6.03 Å². The Balaban J connectivity index is 2.46. The molecule has 0 fully saturated rings. The Morgan fingerprint density at radius 3 is 2.33 bits per heavy atom. The number of allylic oxidation sites excluding steroid dienone is 1. The molecule has 0 aromatic heterocycles. The lowest BCUT2D eigenvalue weighted by atomic mass is 9.93. The summed E-state index contributed by atoms with van der Waals surface area (Å²) in [5, 5.41) is 5.42. The molecule has 2 N–H and O–H groups in total. The number of amides is 2. The monoisotopic (exact) mass is 244 g/mol. The highest BCUT2D eigenvalue weighted by molar-refractivity contribution is 5.98. The van der Waals surface area contributed by atoms with Crippen molar-refractivity contribution in [2.45, 2.75) is 26.8 Å². The fraction of sp³-hybridized carbons (Fsp3) is 0.286. The van der Waals surface area contributed by atoms with Gasteiger partial charge in [-0.1, -0.05) is 29.8 Å². The van der Waals surface area contributed by atoms with Gasteiger partial charge in [0.2, 0.25) is 0 Å². The maximum atomic E-state index is 11.7. The maximum absolute atomic E-state index is 11.7. The third-order valence-electron chi connectivity index (χ3n) is 3.06. The lowest BCUT2D eigenvalue weighted by molar-refractivity contribution is -0.114. The zero-order valence-corrected chi connectivity index (χ0v) is 10.7. The van der Waals surface area contributed by atoms with Gasteiger partial charge in [-0.2, -0.15) is 0 Å². The van der Waals surface area contributed by atoms with Crippen LogP contribution in [0.3, 0.4) is 0 Å². The maximum Gasteiger partial charge on any atom is 0.319 e. The van der Waals surface area contributed by atoms with E-state index in [1.54, 1.807) is 6.92 Å². The fourth-order valence-electron chi connectivity index (χ4n) is 2.17. The van der Waals surface area contributed by atoms with E-state index in [1.807, 2.05) is 31.2 Å². The van der Waals surface area contributed by atoms with Gasteiger partial charge < -0.3 is 10.6 Å². The summed E-state index contributed by atoms with van der Waals surface area (Å²) in [6, 6.07) is 7.16. The molecule has 0 radical (unpaired) electrons. The predicted octanol–water partition coefficient (Wildman–Crippen LogP) is 2.21. The number of carbonyl (C=O) groups excluding carboxylic acids is 2. The first-order chi connectivity index (χ1) is 8.49. The molecule has 0 saturated heterocycles. The highest BCUT2D eigenvalue weighted by Gasteiger charge is 2.28. The number of rotatable bonds is 2. The minimum Gasteiger partial charge on any atom is -0.327 e.